The second kappa shape index (κ2) is 5.41. The lowest BCUT2D eigenvalue weighted by Gasteiger charge is -2.11. The number of pyridine rings is 1. The molecule has 0 fully saturated rings. The molecule has 0 atom stereocenters. The molecule has 0 saturated carbocycles. The van der Waals surface area contributed by atoms with Gasteiger partial charge in [-0.25, -0.2) is 13.8 Å². The van der Waals surface area contributed by atoms with E-state index >= 15 is 0 Å². The van der Waals surface area contributed by atoms with Gasteiger partial charge in [-0.1, -0.05) is 12.1 Å². The minimum Gasteiger partial charge on any atom is -0.454 e. The lowest BCUT2D eigenvalue weighted by atomic mass is 10.2. The van der Waals surface area contributed by atoms with Gasteiger partial charge in [0, 0.05) is 5.39 Å². The van der Waals surface area contributed by atoms with E-state index in [1.165, 1.54) is 6.07 Å². The van der Waals surface area contributed by atoms with Crippen molar-refractivity contribution in [3.63, 3.8) is 0 Å². The smallest absolute Gasteiger partial charge is 0.184 e. The molecule has 0 N–H and O–H groups in total. The van der Waals surface area contributed by atoms with Gasteiger partial charge in [-0.05, 0) is 53.2 Å². The van der Waals surface area contributed by atoms with Crippen LogP contribution in [0.4, 0.5) is 8.78 Å². The van der Waals surface area contributed by atoms with Gasteiger partial charge in [0.05, 0.1) is 10.2 Å². The first-order valence-electron chi connectivity index (χ1n) is 6.24. The zero-order valence-electron chi connectivity index (χ0n) is 11.0. The van der Waals surface area contributed by atoms with Crippen molar-refractivity contribution in [1.29, 1.82) is 0 Å². The molecule has 0 aliphatic carbocycles. The molecule has 5 heteroatoms. The number of para-hydroxylation sites is 1. The summed E-state index contributed by atoms with van der Waals surface area (Å²) in [4.78, 5) is 4.11. The van der Waals surface area contributed by atoms with E-state index in [-0.39, 0.29) is 5.52 Å². The van der Waals surface area contributed by atoms with Crippen molar-refractivity contribution in [2.24, 2.45) is 0 Å². The summed E-state index contributed by atoms with van der Waals surface area (Å²) in [7, 11) is 0. The molecule has 2 nitrogen and oxygen atoms in total. The average Bonchev–Trinajstić information content (AvgIpc) is 2.47. The van der Waals surface area contributed by atoms with Crippen LogP contribution in [0.15, 0.2) is 46.9 Å². The molecule has 0 bridgehead atoms. The summed E-state index contributed by atoms with van der Waals surface area (Å²) in [6.07, 6.45) is 0. The SMILES string of the molecule is Cc1nc2c(F)c(F)ccc2cc1Oc1ccccc1Br. The molecule has 0 aliphatic rings. The third-order valence-corrected chi connectivity index (χ3v) is 3.73. The number of aryl methyl sites for hydroxylation is 1. The van der Waals surface area contributed by atoms with Gasteiger partial charge in [-0.3, -0.25) is 0 Å². The Morgan fingerprint density at radius 2 is 1.81 bits per heavy atom. The van der Waals surface area contributed by atoms with Crippen molar-refractivity contribution in [2.45, 2.75) is 6.92 Å². The van der Waals surface area contributed by atoms with E-state index in [1.54, 1.807) is 19.1 Å². The van der Waals surface area contributed by atoms with Crippen LogP contribution < -0.4 is 4.74 Å². The first-order chi connectivity index (χ1) is 10.1. The Morgan fingerprint density at radius 1 is 1.05 bits per heavy atom. The van der Waals surface area contributed by atoms with Crippen LogP contribution in [0, 0.1) is 18.6 Å². The predicted octanol–water partition coefficient (Wildman–Crippen LogP) is 5.38. The molecule has 106 valence electrons. The maximum Gasteiger partial charge on any atom is 0.184 e. The normalized spacial score (nSPS) is 10.9. The fourth-order valence-corrected chi connectivity index (χ4v) is 2.37. The first-order valence-corrected chi connectivity index (χ1v) is 7.03. The Labute approximate surface area is 128 Å². The van der Waals surface area contributed by atoms with E-state index in [0.717, 1.165) is 10.5 Å². The number of halogens is 3. The molecular formula is C16H10BrF2NO. The van der Waals surface area contributed by atoms with Crippen LogP contribution in [-0.4, -0.2) is 4.98 Å². The first kappa shape index (κ1) is 13.9. The molecule has 2 aromatic carbocycles. The van der Waals surface area contributed by atoms with Crippen molar-refractivity contribution in [1.82, 2.24) is 4.98 Å². The molecule has 0 saturated heterocycles. The molecule has 21 heavy (non-hydrogen) atoms. The van der Waals surface area contributed by atoms with Crippen molar-refractivity contribution in [3.8, 4) is 11.5 Å². The highest BCUT2D eigenvalue weighted by atomic mass is 79.9. The molecular weight excluding hydrogens is 340 g/mol. The van der Waals surface area contributed by atoms with Crippen molar-refractivity contribution in [2.75, 3.05) is 0 Å². The van der Waals surface area contributed by atoms with E-state index in [1.807, 2.05) is 18.2 Å². The third kappa shape index (κ3) is 2.61. The average molecular weight is 350 g/mol. The Balaban J connectivity index is 2.10. The van der Waals surface area contributed by atoms with E-state index < -0.39 is 11.6 Å². The van der Waals surface area contributed by atoms with Crippen LogP contribution in [0.25, 0.3) is 10.9 Å². The van der Waals surface area contributed by atoms with Crippen LogP contribution in [0.2, 0.25) is 0 Å². The minimum absolute atomic E-state index is 0.00646. The standard InChI is InChI=1S/C16H10BrF2NO/c1-9-14(21-13-5-3-2-4-11(13)17)8-10-6-7-12(18)15(19)16(10)20-9/h2-8H,1H3. The fourth-order valence-electron chi connectivity index (χ4n) is 2.00. The van der Waals surface area contributed by atoms with Gasteiger partial charge in [-0.2, -0.15) is 0 Å². The van der Waals surface area contributed by atoms with Crippen LogP contribution in [-0.2, 0) is 0 Å². The number of benzene rings is 2. The topological polar surface area (TPSA) is 22.1 Å². The molecule has 0 unspecified atom stereocenters. The zero-order valence-corrected chi connectivity index (χ0v) is 12.6. The summed E-state index contributed by atoms with van der Waals surface area (Å²) in [5.41, 5.74) is 0.495. The summed E-state index contributed by atoms with van der Waals surface area (Å²) >= 11 is 3.39. The number of hydrogen-bond donors (Lipinski definition) is 0. The lowest BCUT2D eigenvalue weighted by molar-refractivity contribution is 0.473. The summed E-state index contributed by atoms with van der Waals surface area (Å²) in [6, 6.07) is 11.6. The molecule has 0 amide bonds. The van der Waals surface area contributed by atoms with Gasteiger partial charge >= 0.3 is 0 Å². The van der Waals surface area contributed by atoms with Crippen LogP contribution >= 0.6 is 15.9 Å². The van der Waals surface area contributed by atoms with Crippen LogP contribution in [0.5, 0.6) is 11.5 Å². The van der Waals surface area contributed by atoms with Crippen LogP contribution in [0.3, 0.4) is 0 Å². The van der Waals surface area contributed by atoms with Crippen LogP contribution in [0.1, 0.15) is 5.69 Å². The Bertz CT molecular complexity index is 836. The largest absolute Gasteiger partial charge is 0.454 e. The summed E-state index contributed by atoms with van der Waals surface area (Å²) in [6.45, 7) is 1.69. The number of fused-ring (bicyclic) bond motifs is 1. The highest BCUT2D eigenvalue weighted by molar-refractivity contribution is 9.10. The number of hydrogen-bond acceptors (Lipinski definition) is 2. The Hall–Kier alpha value is -2.01. The fraction of sp³-hybridized carbons (Fsp3) is 0.0625. The second-order valence-electron chi connectivity index (χ2n) is 4.54. The highest BCUT2D eigenvalue weighted by Crippen LogP contribution is 2.32. The third-order valence-electron chi connectivity index (χ3n) is 3.08. The predicted molar refractivity (Wildman–Crippen MR) is 80.6 cm³/mol. The summed E-state index contributed by atoms with van der Waals surface area (Å²) in [5, 5.41) is 0.488. The van der Waals surface area contributed by atoms with E-state index in [0.29, 0.717) is 22.6 Å². The van der Waals surface area contributed by atoms with Crippen molar-refractivity contribution in [3.05, 3.63) is 64.3 Å². The van der Waals surface area contributed by atoms with Gasteiger partial charge in [0.15, 0.2) is 11.6 Å². The van der Waals surface area contributed by atoms with E-state index in [2.05, 4.69) is 20.9 Å². The lowest BCUT2D eigenvalue weighted by Crippen LogP contribution is -1.95. The van der Waals surface area contributed by atoms with E-state index in [4.69, 9.17) is 4.74 Å². The monoisotopic (exact) mass is 349 g/mol. The Morgan fingerprint density at radius 3 is 2.57 bits per heavy atom. The Kier molecular flexibility index (Phi) is 3.59. The number of ether oxygens (including phenoxy) is 1. The maximum atomic E-state index is 13.7. The molecule has 1 aromatic heterocycles. The minimum atomic E-state index is -0.942. The van der Waals surface area contributed by atoms with E-state index in [9.17, 15) is 8.78 Å². The summed E-state index contributed by atoms with van der Waals surface area (Å²) in [5.74, 6) is -0.721. The molecule has 0 aliphatic heterocycles. The quantitative estimate of drug-likeness (QED) is 0.619. The molecule has 0 spiro atoms. The van der Waals surface area contributed by atoms with Gasteiger partial charge in [0.25, 0.3) is 0 Å². The van der Waals surface area contributed by atoms with Crippen molar-refractivity contribution >= 4 is 26.8 Å². The zero-order chi connectivity index (χ0) is 15.0. The highest BCUT2D eigenvalue weighted by Gasteiger charge is 2.13. The maximum absolute atomic E-state index is 13.7. The second-order valence-corrected chi connectivity index (χ2v) is 5.39. The molecule has 3 aromatic rings. The molecule has 1 heterocycles. The van der Waals surface area contributed by atoms with Gasteiger partial charge < -0.3 is 4.74 Å². The molecule has 3 rings (SSSR count). The number of aromatic nitrogens is 1. The molecule has 0 radical (unpaired) electrons. The van der Waals surface area contributed by atoms with Gasteiger partial charge in [-0.15, -0.1) is 0 Å². The van der Waals surface area contributed by atoms with Gasteiger partial charge in [0.1, 0.15) is 17.0 Å². The number of nitrogens with zero attached hydrogens (tertiary/aromatic N) is 1. The van der Waals surface area contributed by atoms with Gasteiger partial charge in [0.2, 0.25) is 0 Å². The number of rotatable bonds is 2. The van der Waals surface area contributed by atoms with Crippen molar-refractivity contribution < 1.29 is 13.5 Å². The summed E-state index contributed by atoms with van der Waals surface area (Å²) < 4.78 is 33.5.